The minimum Gasteiger partial charge on any atom is -0.382 e. The van der Waals surface area contributed by atoms with E-state index in [0.717, 1.165) is 17.7 Å². The molecule has 1 aromatic heterocycles. The molecule has 1 aliphatic heterocycles. The summed E-state index contributed by atoms with van der Waals surface area (Å²) < 4.78 is 41.5. The molecule has 0 aliphatic carbocycles. The van der Waals surface area contributed by atoms with Gasteiger partial charge in [-0.1, -0.05) is 23.9 Å². The molecule has 4 rings (SSSR count). The van der Waals surface area contributed by atoms with Crippen LogP contribution in [-0.4, -0.2) is 53.0 Å². The second kappa shape index (κ2) is 8.83. The van der Waals surface area contributed by atoms with Gasteiger partial charge in [0.15, 0.2) is 0 Å². The van der Waals surface area contributed by atoms with E-state index >= 15 is 0 Å². The molecule has 2 aromatic carbocycles. The maximum Gasteiger partial charge on any atom is 0.268 e. The number of piperidine rings is 1. The number of amides is 1. The lowest BCUT2D eigenvalue weighted by molar-refractivity contribution is -0.127. The monoisotopic (exact) mass is 461 g/mol. The molecule has 0 saturated carbocycles. The molecule has 9 nitrogen and oxygen atoms in total. The Bertz CT molecular complexity index is 1250. The molecule has 2 atom stereocenters. The molecule has 170 valence electrons. The third-order valence-corrected chi connectivity index (χ3v) is 7.26. The Balaban J connectivity index is 1.55. The molecule has 3 aromatic rings. The van der Waals surface area contributed by atoms with Gasteiger partial charge in [0.25, 0.3) is 5.91 Å². The Kier molecular flexibility index (Phi) is 6.11. The van der Waals surface area contributed by atoms with Gasteiger partial charge in [0, 0.05) is 13.1 Å². The van der Waals surface area contributed by atoms with Gasteiger partial charge in [-0.2, -0.15) is 4.31 Å². The van der Waals surface area contributed by atoms with Gasteiger partial charge in [0.1, 0.15) is 16.9 Å². The Morgan fingerprint density at radius 3 is 2.81 bits per heavy atom. The van der Waals surface area contributed by atoms with Crippen LogP contribution in [0.2, 0.25) is 0 Å². The molecule has 0 spiro atoms. The van der Waals surface area contributed by atoms with E-state index in [-0.39, 0.29) is 10.6 Å². The number of carbonyl (C=O) groups is 1. The van der Waals surface area contributed by atoms with Crippen LogP contribution < -0.4 is 10.2 Å². The molecule has 2 heterocycles. The molecule has 1 aliphatic rings. The number of anilines is 1. The van der Waals surface area contributed by atoms with Gasteiger partial charge < -0.3 is 10.2 Å². The number of halogens is 1. The van der Waals surface area contributed by atoms with Crippen LogP contribution in [0.15, 0.2) is 47.4 Å². The lowest BCUT2D eigenvalue weighted by Crippen LogP contribution is -2.39. The van der Waals surface area contributed by atoms with E-state index in [1.54, 1.807) is 12.1 Å². The van der Waals surface area contributed by atoms with Crippen molar-refractivity contribution in [2.45, 2.75) is 37.7 Å². The Hall–Kier alpha value is -3.05. The van der Waals surface area contributed by atoms with E-state index < -0.39 is 27.9 Å². The highest BCUT2D eigenvalue weighted by atomic mass is 32.2. The van der Waals surface area contributed by atoms with E-state index in [9.17, 15) is 17.6 Å². The lowest BCUT2D eigenvalue weighted by atomic mass is 10.0. The highest BCUT2D eigenvalue weighted by Gasteiger charge is 2.29. The van der Waals surface area contributed by atoms with E-state index in [2.05, 4.69) is 15.6 Å². The summed E-state index contributed by atoms with van der Waals surface area (Å²) in [6.07, 6.45) is 0.769. The summed E-state index contributed by atoms with van der Waals surface area (Å²) in [5.41, 5.74) is 0.750. The van der Waals surface area contributed by atoms with Crippen molar-refractivity contribution >= 4 is 32.7 Å². The van der Waals surface area contributed by atoms with Gasteiger partial charge in [-0.25, -0.2) is 12.8 Å². The first-order valence-corrected chi connectivity index (χ1v) is 11.8. The number of sulfonamides is 1. The molecule has 0 radical (unpaired) electrons. The third-order valence-electron chi connectivity index (χ3n) is 5.40. The minimum atomic E-state index is -3.68. The van der Waals surface area contributed by atoms with Gasteiger partial charge in [-0.3, -0.25) is 4.79 Å². The average molecular weight is 462 g/mol. The number of fused-ring (bicyclic) bond motifs is 1. The van der Waals surface area contributed by atoms with Crippen LogP contribution in [0.25, 0.3) is 11.0 Å². The number of para-hydroxylation sites is 1. The predicted molar refractivity (Wildman–Crippen MR) is 116 cm³/mol. The second-order valence-electron chi connectivity index (χ2n) is 7.94. The molecule has 1 fully saturated rings. The third kappa shape index (κ3) is 4.44. The highest BCUT2D eigenvalue weighted by molar-refractivity contribution is 7.89. The van der Waals surface area contributed by atoms with Gasteiger partial charge in [-0.15, -0.1) is 5.10 Å². The number of nitrogens with one attached hydrogen (secondary N) is 1. The van der Waals surface area contributed by atoms with Gasteiger partial charge in [0.05, 0.1) is 10.6 Å². The Morgan fingerprint density at radius 1 is 1.28 bits per heavy atom. The van der Waals surface area contributed by atoms with E-state index in [1.807, 2.05) is 6.92 Å². The molecule has 1 saturated heterocycles. The first-order chi connectivity index (χ1) is 15.3. The molecular weight excluding hydrogens is 437 g/mol. The molecule has 11 heteroatoms. The van der Waals surface area contributed by atoms with Crippen molar-refractivity contribution in [3.05, 3.63) is 48.3 Å². The summed E-state index contributed by atoms with van der Waals surface area (Å²) >= 11 is 0. The first-order valence-electron chi connectivity index (χ1n) is 10.3. The maximum absolute atomic E-state index is 13.8. The van der Waals surface area contributed by atoms with Crippen LogP contribution in [-0.2, 0) is 14.8 Å². The smallest absolute Gasteiger partial charge is 0.268 e. The number of nitrogens with zero attached hydrogens (tertiary/aromatic N) is 4. The van der Waals surface area contributed by atoms with Crippen molar-refractivity contribution in [3.8, 4) is 0 Å². The summed E-state index contributed by atoms with van der Waals surface area (Å²) in [6, 6.07) is 10.3. The number of hydrogen-bond acceptors (Lipinski definition) is 6. The summed E-state index contributed by atoms with van der Waals surface area (Å²) in [4.78, 5) is 19.1. The van der Waals surface area contributed by atoms with Crippen molar-refractivity contribution in [3.63, 3.8) is 0 Å². The highest BCUT2D eigenvalue weighted by Crippen LogP contribution is 2.25. The molecule has 1 amide bonds. The fraction of sp³-hybridized carbons (Fsp3) is 0.381. The van der Waals surface area contributed by atoms with E-state index in [0.29, 0.717) is 30.0 Å². The molecule has 1 N–H and O–H groups in total. The zero-order chi connectivity index (χ0) is 22.9. The zero-order valence-corrected chi connectivity index (χ0v) is 18.5. The zero-order valence-electron chi connectivity index (χ0n) is 17.7. The SMILES string of the molecule is CC1CCCN(S(=O)(=O)c2ccc3nnn(OC(C)C(=O)Nc4ccccc4F)c3c2)C1. The number of aromatic nitrogens is 3. The number of carbonyl (C=O) groups excluding carboxylic acids is 1. The lowest BCUT2D eigenvalue weighted by Gasteiger charge is -2.30. The standard InChI is InChI=1S/C21H24FN5O4S/c1-14-6-5-11-26(13-14)32(29,30)16-9-10-19-20(12-16)27(25-24-19)31-15(2)21(28)23-18-8-4-3-7-17(18)22/h3-4,7-10,12,14-15H,5-6,11,13H2,1-2H3,(H,23,28). The van der Waals surface area contributed by atoms with Crippen molar-refractivity contribution < 1.29 is 22.4 Å². The fourth-order valence-electron chi connectivity index (χ4n) is 3.62. The van der Waals surface area contributed by atoms with Gasteiger partial charge in [0.2, 0.25) is 16.1 Å². The second-order valence-corrected chi connectivity index (χ2v) is 9.88. The minimum absolute atomic E-state index is 0.0283. The van der Waals surface area contributed by atoms with Crippen LogP contribution in [0.4, 0.5) is 10.1 Å². The normalized spacial score (nSPS) is 18.4. The van der Waals surface area contributed by atoms with E-state index in [4.69, 9.17) is 4.84 Å². The molecule has 2 unspecified atom stereocenters. The van der Waals surface area contributed by atoms with Crippen molar-refractivity contribution in [2.24, 2.45) is 5.92 Å². The van der Waals surface area contributed by atoms with Gasteiger partial charge in [-0.05, 0) is 61.2 Å². The van der Waals surface area contributed by atoms with Crippen LogP contribution in [0.5, 0.6) is 0 Å². The summed E-state index contributed by atoms with van der Waals surface area (Å²) in [5.74, 6) is -0.863. The molecule has 32 heavy (non-hydrogen) atoms. The fourth-order valence-corrected chi connectivity index (χ4v) is 5.24. The topological polar surface area (TPSA) is 106 Å². The summed E-state index contributed by atoms with van der Waals surface area (Å²) in [6.45, 7) is 4.46. The molecule has 0 bridgehead atoms. The van der Waals surface area contributed by atoms with E-state index in [1.165, 1.54) is 41.6 Å². The predicted octanol–water partition coefficient (Wildman–Crippen LogP) is 2.45. The van der Waals surface area contributed by atoms with Crippen LogP contribution >= 0.6 is 0 Å². The maximum atomic E-state index is 13.8. The van der Waals surface area contributed by atoms with Crippen LogP contribution in [0.1, 0.15) is 26.7 Å². The van der Waals surface area contributed by atoms with Crippen molar-refractivity contribution in [2.75, 3.05) is 18.4 Å². The summed E-state index contributed by atoms with van der Waals surface area (Å²) in [7, 11) is -3.68. The Labute approximate surface area is 185 Å². The van der Waals surface area contributed by atoms with Crippen LogP contribution in [0.3, 0.4) is 0 Å². The number of hydrogen-bond donors (Lipinski definition) is 1. The molecular formula is C21H24FN5O4S. The van der Waals surface area contributed by atoms with Crippen molar-refractivity contribution in [1.29, 1.82) is 0 Å². The Morgan fingerprint density at radius 2 is 2.06 bits per heavy atom. The van der Waals surface area contributed by atoms with Gasteiger partial charge >= 0.3 is 0 Å². The average Bonchev–Trinajstić information content (AvgIpc) is 3.17. The quantitative estimate of drug-likeness (QED) is 0.604. The summed E-state index contributed by atoms with van der Waals surface area (Å²) in [5, 5.41) is 10.3. The van der Waals surface area contributed by atoms with Crippen LogP contribution in [0, 0.1) is 11.7 Å². The number of benzene rings is 2. The largest absolute Gasteiger partial charge is 0.382 e. The number of rotatable bonds is 6. The first kappa shape index (κ1) is 22.2. The van der Waals surface area contributed by atoms with Crippen molar-refractivity contribution in [1.82, 2.24) is 19.5 Å².